The average molecular weight is 262 g/mol. The molecule has 0 unspecified atom stereocenters. The van der Waals surface area contributed by atoms with E-state index in [1.807, 2.05) is 30.3 Å². The molecule has 0 aliphatic heterocycles. The third kappa shape index (κ3) is 2.19. The molecule has 2 heterocycles. The van der Waals surface area contributed by atoms with E-state index in [0.29, 0.717) is 5.39 Å². The first-order valence-corrected chi connectivity index (χ1v) is 5.65. The van der Waals surface area contributed by atoms with Crippen LogP contribution < -0.4 is 0 Å². The van der Waals surface area contributed by atoms with E-state index in [0.717, 1.165) is 17.2 Å². The fourth-order valence-corrected chi connectivity index (χ4v) is 1.96. The molecule has 0 bridgehead atoms. The molecule has 0 aliphatic carbocycles. The molecule has 2 aromatic heterocycles. The van der Waals surface area contributed by atoms with Crippen molar-refractivity contribution in [3.05, 3.63) is 54.4 Å². The second-order valence-electron chi connectivity index (χ2n) is 4.21. The number of H-pyrrole nitrogens is 1. The van der Waals surface area contributed by atoms with Crippen LogP contribution in [0.2, 0.25) is 0 Å². The van der Waals surface area contributed by atoms with Crippen molar-refractivity contribution in [3.63, 3.8) is 0 Å². The van der Waals surface area contributed by atoms with Crippen LogP contribution in [0.15, 0.2) is 48.7 Å². The van der Waals surface area contributed by atoms with Gasteiger partial charge in [0.1, 0.15) is 11.3 Å². The number of alkyl halides is 3. The number of fused-ring (bicyclic) bond motifs is 1. The molecular weight excluding hydrogens is 253 g/mol. The van der Waals surface area contributed by atoms with Crippen molar-refractivity contribution in [2.24, 2.45) is 0 Å². The lowest BCUT2D eigenvalue weighted by Crippen LogP contribution is -2.04. The van der Waals surface area contributed by atoms with Gasteiger partial charge in [0.05, 0.1) is 0 Å². The molecule has 3 aromatic rings. The number of nitrogens with one attached hydrogen (secondary N) is 1. The van der Waals surface area contributed by atoms with Crippen LogP contribution in [0.3, 0.4) is 0 Å². The number of halogens is 3. The Bertz CT molecular complexity index is 714. The largest absolute Gasteiger partial charge is 0.431 e. The molecule has 96 valence electrons. The van der Waals surface area contributed by atoms with Crippen molar-refractivity contribution >= 4 is 11.0 Å². The zero-order chi connectivity index (χ0) is 13.5. The first-order chi connectivity index (χ1) is 9.04. The highest BCUT2D eigenvalue weighted by Crippen LogP contribution is 2.31. The summed E-state index contributed by atoms with van der Waals surface area (Å²) < 4.78 is 37.8. The van der Waals surface area contributed by atoms with Crippen LogP contribution >= 0.6 is 0 Å². The Balaban J connectivity index is 2.11. The maximum Gasteiger partial charge on any atom is 0.431 e. The molecule has 3 rings (SSSR count). The van der Waals surface area contributed by atoms with Crippen molar-refractivity contribution in [2.75, 3.05) is 0 Å². The standard InChI is InChI=1S/C14H9F3N2/c15-14(16,17)12-7-10-6-11(8-18-13(10)19-12)9-4-2-1-3-5-9/h1-8H,(H,18,19). The molecular formula is C14H9F3N2. The first kappa shape index (κ1) is 11.8. The first-order valence-electron chi connectivity index (χ1n) is 5.65. The lowest BCUT2D eigenvalue weighted by molar-refractivity contribution is -0.140. The van der Waals surface area contributed by atoms with E-state index in [4.69, 9.17) is 0 Å². The number of hydrogen-bond donors (Lipinski definition) is 1. The highest BCUT2D eigenvalue weighted by Gasteiger charge is 2.32. The van der Waals surface area contributed by atoms with Gasteiger partial charge in [0.2, 0.25) is 0 Å². The van der Waals surface area contributed by atoms with Crippen LogP contribution in [-0.2, 0) is 6.18 Å². The van der Waals surface area contributed by atoms with Gasteiger partial charge in [0, 0.05) is 17.1 Å². The molecule has 2 nitrogen and oxygen atoms in total. The summed E-state index contributed by atoms with van der Waals surface area (Å²) in [6, 6.07) is 12.2. The predicted octanol–water partition coefficient (Wildman–Crippen LogP) is 4.25. The highest BCUT2D eigenvalue weighted by atomic mass is 19.4. The van der Waals surface area contributed by atoms with Crippen LogP contribution in [-0.4, -0.2) is 9.97 Å². The van der Waals surface area contributed by atoms with Crippen molar-refractivity contribution in [1.29, 1.82) is 0 Å². The van der Waals surface area contributed by atoms with Gasteiger partial charge in [0.15, 0.2) is 0 Å². The van der Waals surface area contributed by atoms with Crippen LogP contribution in [0.1, 0.15) is 5.69 Å². The molecule has 1 aromatic carbocycles. The van der Waals surface area contributed by atoms with Crippen LogP contribution in [0.4, 0.5) is 13.2 Å². The number of rotatable bonds is 1. The Kier molecular flexibility index (Phi) is 2.55. The molecule has 19 heavy (non-hydrogen) atoms. The summed E-state index contributed by atoms with van der Waals surface area (Å²) in [6.45, 7) is 0. The number of nitrogens with zero attached hydrogens (tertiary/aromatic N) is 1. The Morgan fingerprint density at radius 1 is 0.947 bits per heavy atom. The topological polar surface area (TPSA) is 28.7 Å². The Hall–Kier alpha value is -2.30. The monoisotopic (exact) mass is 262 g/mol. The summed E-state index contributed by atoms with van der Waals surface area (Å²) in [6.07, 6.45) is -2.82. The predicted molar refractivity (Wildman–Crippen MR) is 66.5 cm³/mol. The van der Waals surface area contributed by atoms with Crippen molar-refractivity contribution in [3.8, 4) is 11.1 Å². The van der Waals surface area contributed by atoms with Crippen LogP contribution in [0.25, 0.3) is 22.2 Å². The summed E-state index contributed by atoms with van der Waals surface area (Å²) in [5.41, 5.74) is 1.18. The van der Waals surface area contributed by atoms with E-state index in [1.165, 1.54) is 0 Å². The van der Waals surface area contributed by atoms with Gasteiger partial charge in [-0.3, -0.25) is 0 Å². The van der Waals surface area contributed by atoms with Gasteiger partial charge in [-0.2, -0.15) is 13.2 Å². The summed E-state index contributed by atoms with van der Waals surface area (Å²) in [5.74, 6) is 0. The lowest BCUT2D eigenvalue weighted by atomic mass is 10.1. The number of pyridine rings is 1. The van der Waals surface area contributed by atoms with Gasteiger partial charge in [-0.05, 0) is 17.7 Å². The summed E-state index contributed by atoms with van der Waals surface area (Å²) in [7, 11) is 0. The molecule has 0 spiro atoms. The molecule has 0 saturated carbocycles. The Labute approximate surface area is 106 Å². The second-order valence-corrected chi connectivity index (χ2v) is 4.21. The van der Waals surface area contributed by atoms with E-state index < -0.39 is 11.9 Å². The fraction of sp³-hybridized carbons (Fsp3) is 0.0714. The molecule has 0 amide bonds. The quantitative estimate of drug-likeness (QED) is 0.697. The van der Waals surface area contributed by atoms with E-state index in [9.17, 15) is 13.2 Å². The Morgan fingerprint density at radius 2 is 1.68 bits per heavy atom. The third-order valence-electron chi connectivity index (χ3n) is 2.88. The highest BCUT2D eigenvalue weighted by molar-refractivity contribution is 5.82. The molecule has 0 atom stereocenters. The Morgan fingerprint density at radius 3 is 2.37 bits per heavy atom. The van der Waals surface area contributed by atoms with Crippen LogP contribution in [0, 0.1) is 0 Å². The van der Waals surface area contributed by atoms with E-state index in [2.05, 4.69) is 9.97 Å². The zero-order valence-electron chi connectivity index (χ0n) is 9.70. The second kappa shape index (κ2) is 4.12. The SMILES string of the molecule is FC(F)(F)c1cc2cc(-c3ccccc3)cnc2[nH]1. The average Bonchev–Trinajstić information content (AvgIpc) is 2.82. The van der Waals surface area contributed by atoms with E-state index in [-0.39, 0.29) is 5.65 Å². The molecule has 5 heteroatoms. The minimum atomic E-state index is -4.38. The van der Waals surface area contributed by atoms with Gasteiger partial charge in [0.25, 0.3) is 0 Å². The van der Waals surface area contributed by atoms with Crippen molar-refractivity contribution in [1.82, 2.24) is 9.97 Å². The van der Waals surface area contributed by atoms with Crippen molar-refractivity contribution < 1.29 is 13.2 Å². The smallest absolute Gasteiger partial charge is 0.336 e. The normalized spacial score (nSPS) is 11.9. The maximum absolute atomic E-state index is 12.6. The van der Waals surface area contributed by atoms with Crippen LogP contribution in [0.5, 0.6) is 0 Å². The zero-order valence-corrected chi connectivity index (χ0v) is 9.70. The third-order valence-corrected chi connectivity index (χ3v) is 2.88. The molecule has 0 fully saturated rings. The number of aromatic nitrogens is 2. The summed E-state index contributed by atoms with van der Waals surface area (Å²) >= 11 is 0. The molecule has 0 saturated heterocycles. The number of benzene rings is 1. The van der Waals surface area contributed by atoms with Gasteiger partial charge in [-0.15, -0.1) is 0 Å². The summed E-state index contributed by atoms with van der Waals surface area (Å²) in [5, 5.41) is 0.452. The number of hydrogen-bond acceptors (Lipinski definition) is 1. The van der Waals surface area contributed by atoms with E-state index in [1.54, 1.807) is 12.3 Å². The number of aromatic amines is 1. The molecule has 0 radical (unpaired) electrons. The van der Waals surface area contributed by atoms with Crippen molar-refractivity contribution in [2.45, 2.75) is 6.18 Å². The molecule has 1 N–H and O–H groups in total. The van der Waals surface area contributed by atoms with Gasteiger partial charge >= 0.3 is 6.18 Å². The van der Waals surface area contributed by atoms with Gasteiger partial charge in [-0.25, -0.2) is 4.98 Å². The van der Waals surface area contributed by atoms with Gasteiger partial charge < -0.3 is 4.98 Å². The minimum absolute atomic E-state index is 0.243. The fourth-order valence-electron chi connectivity index (χ4n) is 1.96. The minimum Gasteiger partial charge on any atom is -0.336 e. The lowest BCUT2D eigenvalue weighted by Gasteiger charge is -2.00. The van der Waals surface area contributed by atoms with Gasteiger partial charge in [-0.1, -0.05) is 30.3 Å². The maximum atomic E-state index is 12.6. The molecule has 0 aliphatic rings. The van der Waals surface area contributed by atoms with E-state index >= 15 is 0 Å². The summed E-state index contributed by atoms with van der Waals surface area (Å²) in [4.78, 5) is 6.31.